The van der Waals surface area contributed by atoms with Gasteiger partial charge in [0, 0.05) is 24.3 Å². The Labute approximate surface area is 250 Å². The number of Topliss-reactive ketones (excluding diaryl/α,β-unsaturated/α-hetero) is 1. The van der Waals surface area contributed by atoms with Crippen LogP contribution in [-0.2, 0) is 9.59 Å². The first-order chi connectivity index (χ1) is 19.9. The van der Waals surface area contributed by atoms with E-state index in [2.05, 4.69) is 46.3 Å². The van der Waals surface area contributed by atoms with Gasteiger partial charge in [-0.05, 0) is 129 Å². The van der Waals surface area contributed by atoms with Gasteiger partial charge in [0.15, 0.2) is 11.4 Å². The van der Waals surface area contributed by atoms with Crippen molar-refractivity contribution in [2.75, 3.05) is 6.54 Å². The lowest BCUT2D eigenvalue weighted by molar-refractivity contribution is -0.174. The maximum atomic E-state index is 13.1. The highest BCUT2D eigenvalue weighted by Crippen LogP contribution is 2.68. The van der Waals surface area contributed by atoms with Gasteiger partial charge in [0.1, 0.15) is 0 Å². The van der Waals surface area contributed by atoms with E-state index in [-0.39, 0.29) is 47.7 Å². The van der Waals surface area contributed by atoms with Crippen molar-refractivity contribution in [1.29, 1.82) is 0 Å². The van der Waals surface area contributed by atoms with Crippen LogP contribution >= 0.6 is 0 Å². The molecule has 5 aliphatic rings. The summed E-state index contributed by atoms with van der Waals surface area (Å²) in [6.45, 7) is 9.19. The van der Waals surface area contributed by atoms with Crippen molar-refractivity contribution in [3.05, 3.63) is 10.4 Å². The molecule has 0 saturated heterocycles. The molecule has 0 bridgehead atoms. The number of aliphatic hydroxyl groups excluding tert-OH is 2. The number of carbonyl (C=O) groups is 2. The Hall–Kier alpha value is -2.03. The van der Waals surface area contributed by atoms with Crippen LogP contribution in [0.3, 0.4) is 0 Å². The third kappa shape index (κ3) is 6.14. The van der Waals surface area contributed by atoms with Crippen LogP contribution in [0.15, 0.2) is 15.3 Å². The van der Waals surface area contributed by atoms with Gasteiger partial charge < -0.3 is 15.5 Å². The van der Waals surface area contributed by atoms with Crippen molar-refractivity contribution in [3.63, 3.8) is 0 Å². The van der Waals surface area contributed by atoms with E-state index >= 15 is 0 Å². The van der Waals surface area contributed by atoms with E-state index in [1.54, 1.807) is 0 Å². The van der Waals surface area contributed by atoms with Gasteiger partial charge in [0.25, 0.3) is 0 Å². The summed E-state index contributed by atoms with van der Waals surface area (Å²) in [5.74, 6) is 2.46. The van der Waals surface area contributed by atoms with E-state index in [1.165, 1.54) is 6.42 Å². The van der Waals surface area contributed by atoms with E-state index in [0.717, 1.165) is 51.4 Å². The van der Waals surface area contributed by atoms with Crippen molar-refractivity contribution < 1.29 is 19.8 Å². The van der Waals surface area contributed by atoms with Crippen molar-refractivity contribution in [2.45, 2.75) is 135 Å². The third-order valence-electron chi connectivity index (χ3n) is 12.8. The average Bonchev–Trinajstić information content (AvgIpc) is 3.58. The molecule has 5 rings (SSSR count). The molecule has 42 heavy (non-hydrogen) atoms. The predicted octanol–water partition coefficient (Wildman–Crippen LogP) is 6.11. The maximum Gasteiger partial charge on any atom is 0.220 e. The second kappa shape index (κ2) is 12.2. The van der Waals surface area contributed by atoms with Gasteiger partial charge in [0.05, 0.1) is 18.2 Å². The highest BCUT2D eigenvalue weighted by Gasteiger charge is 2.62. The number of fused-ring (bicyclic) bond motifs is 5. The van der Waals surface area contributed by atoms with E-state index in [9.17, 15) is 19.8 Å². The summed E-state index contributed by atoms with van der Waals surface area (Å²) in [6.07, 6.45) is 10.1. The molecule has 10 heteroatoms. The zero-order chi connectivity index (χ0) is 30.3. The lowest BCUT2D eigenvalue weighted by Gasteiger charge is -2.62. The predicted molar refractivity (Wildman–Crippen MR) is 159 cm³/mol. The largest absolute Gasteiger partial charge is 0.393 e. The smallest absolute Gasteiger partial charge is 0.220 e. The van der Waals surface area contributed by atoms with Crippen LogP contribution < -0.4 is 5.32 Å². The number of nitrogens with zero attached hydrogens (tertiary/aromatic N) is 5. The Morgan fingerprint density at radius 1 is 1.00 bits per heavy atom. The van der Waals surface area contributed by atoms with Crippen molar-refractivity contribution in [2.24, 2.45) is 61.7 Å². The summed E-state index contributed by atoms with van der Waals surface area (Å²) in [4.78, 5) is 28.6. The Morgan fingerprint density at radius 3 is 2.43 bits per heavy atom. The van der Waals surface area contributed by atoms with E-state index in [0.29, 0.717) is 54.8 Å². The molecule has 4 aliphatic carbocycles. The molecule has 1 heterocycles. The number of hydrogen-bond donors (Lipinski definition) is 3. The van der Waals surface area contributed by atoms with Gasteiger partial charge in [0.2, 0.25) is 5.91 Å². The fourth-order valence-electron chi connectivity index (χ4n) is 10.3. The first-order valence-corrected chi connectivity index (χ1v) is 16.5. The molecule has 0 aromatic carbocycles. The van der Waals surface area contributed by atoms with Crippen LogP contribution in [0.5, 0.6) is 0 Å². The number of nitrogens with one attached hydrogen (secondary N) is 1. The maximum absolute atomic E-state index is 13.1. The summed E-state index contributed by atoms with van der Waals surface area (Å²) in [5.41, 5.74) is 8.50. The number of aliphatic hydroxyl groups is 2. The fraction of sp³-hybridized carbons (Fsp3) is 0.938. The number of carbonyl (C=O) groups excluding carboxylic acids is 2. The molecule has 3 N–H and O–H groups in total. The van der Waals surface area contributed by atoms with E-state index in [4.69, 9.17) is 5.53 Å². The summed E-state index contributed by atoms with van der Waals surface area (Å²) >= 11 is 0. The number of amides is 1. The van der Waals surface area contributed by atoms with Crippen LogP contribution in [0.25, 0.3) is 10.4 Å². The SMILES string of the molecule is CC(CCC(=O)NC(CCC1(C)N=N1)C(=O)CCN=[N+]=[N-])C1CCC2C3C(O)CC4CC(O)CCC4(C)C3CCC12C. The molecule has 1 amide bonds. The summed E-state index contributed by atoms with van der Waals surface area (Å²) in [6, 6.07) is -0.618. The Kier molecular flexibility index (Phi) is 9.09. The molecule has 0 aromatic heterocycles. The number of ketones is 1. The quantitative estimate of drug-likeness (QED) is 0.143. The van der Waals surface area contributed by atoms with Crippen molar-refractivity contribution in [3.8, 4) is 0 Å². The first kappa shape index (κ1) is 31.4. The van der Waals surface area contributed by atoms with Crippen molar-refractivity contribution >= 4 is 11.7 Å². The Bertz CT molecular complexity index is 1100. The minimum absolute atomic E-state index is 0.0878. The topological polar surface area (TPSA) is 160 Å². The molecule has 11 unspecified atom stereocenters. The van der Waals surface area contributed by atoms with Gasteiger partial charge in [-0.3, -0.25) is 9.59 Å². The third-order valence-corrected chi connectivity index (χ3v) is 12.8. The molecule has 11 atom stereocenters. The molecule has 0 spiro atoms. The highest BCUT2D eigenvalue weighted by atomic mass is 16.3. The second-order valence-corrected chi connectivity index (χ2v) is 15.2. The molecule has 234 valence electrons. The lowest BCUT2D eigenvalue weighted by Crippen LogP contribution is -2.58. The van der Waals surface area contributed by atoms with E-state index < -0.39 is 11.7 Å². The summed E-state index contributed by atoms with van der Waals surface area (Å²) in [5, 5.41) is 36.4. The van der Waals surface area contributed by atoms with Crippen LogP contribution in [-0.4, -0.2) is 52.4 Å². The standard InChI is InChI=1S/C32H52N6O4/c1-19(5-8-28(42)35-25(11-15-32(4)36-37-32)26(40)12-16-34-38-33)22-6-7-23-29-24(10-14-31(22,23)3)30(2)13-9-21(39)17-20(30)18-27(29)41/h19-25,27,29,39,41H,5-18H2,1-4H3,(H,35,42). The molecule has 1 aliphatic heterocycles. The van der Waals surface area contributed by atoms with Crippen LogP contribution in [0, 0.1) is 46.3 Å². The molecule has 4 fully saturated rings. The minimum Gasteiger partial charge on any atom is -0.393 e. The minimum atomic E-state index is -0.618. The van der Waals surface area contributed by atoms with Crippen LogP contribution in [0.2, 0.25) is 0 Å². The molecule has 4 saturated carbocycles. The molecule has 0 aromatic rings. The number of hydrogen-bond acceptors (Lipinski definition) is 7. The molecular formula is C32H52N6O4. The molecule has 10 nitrogen and oxygen atoms in total. The molecule has 0 radical (unpaired) electrons. The Balaban J connectivity index is 1.18. The normalized spacial score (nSPS) is 41.0. The second-order valence-electron chi connectivity index (χ2n) is 15.2. The summed E-state index contributed by atoms with van der Waals surface area (Å²) < 4.78 is 0. The van der Waals surface area contributed by atoms with Crippen LogP contribution in [0.1, 0.15) is 111 Å². The van der Waals surface area contributed by atoms with Gasteiger partial charge in [-0.2, -0.15) is 10.2 Å². The monoisotopic (exact) mass is 584 g/mol. The van der Waals surface area contributed by atoms with Gasteiger partial charge >= 0.3 is 0 Å². The zero-order valence-corrected chi connectivity index (χ0v) is 26.0. The van der Waals surface area contributed by atoms with E-state index in [1.807, 2.05) is 6.92 Å². The average molecular weight is 585 g/mol. The van der Waals surface area contributed by atoms with Gasteiger partial charge in [-0.15, -0.1) is 0 Å². The Morgan fingerprint density at radius 2 is 1.71 bits per heavy atom. The van der Waals surface area contributed by atoms with Crippen molar-refractivity contribution in [1.82, 2.24) is 5.32 Å². The highest BCUT2D eigenvalue weighted by molar-refractivity contribution is 5.89. The zero-order valence-electron chi connectivity index (χ0n) is 26.0. The summed E-state index contributed by atoms with van der Waals surface area (Å²) in [7, 11) is 0. The number of azide groups is 1. The fourth-order valence-corrected chi connectivity index (χ4v) is 10.3. The van der Waals surface area contributed by atoms with Crippen LogP contribution in [0.4, 0.5) is 0 Å². The lowest BCUT2D eigenvalue weighted by atomic mass is 9.43. The molecular weight excluding hydrogens is 532 g/mol. The van der Waals surface area contributed by atoms with Gasteiger partial charge in [-0.1, -0.05) is 25.9 Å². The first-order valence-electron chi connectivity index (χ1n) is 16.5. The number of rotatable bonds is 12. The van der Waals surface area contributed by atoms with Gasteiger partial charge in [-0.25, -0.2) is 0 Å².